The number of carboxylic acids is 1. The quantitative estimate of drug-likeness (QED) is 0.223. The van der Waals surface area contributed by atoms with E-state index in [1.54, 1.807) is 24.2 Å². The predicted octanol–water partition coefficient (Wildman–Crippen LogP) is 6.37. The highest BCUT2D eigenvalue weighted by Gasteiger charge is 2.65. The summed E-state index contributed by atoms with van der Waals surface area (Å²) in [5.74, 6) is -4.05. The number of fused-ring (bicyclic) bond motifs is 1. The summed E-state index contributed by atoms with van der Waals surface area (Å²) in [7, 11) is 1.64. The van der Waals surface area contributed by atoms with E-state index in [1.807, 2.05) is 6.92 Å². The summed E-state index contributed by atoms with van der Waals surface area (Å²) in [6, 6.07) is 8.56. The highest BCUT2D eigenvalue weighted by molar-refractivity contribution is 6.34. The first-order chi connectivity index (χ1) is 21.7. The molecule has 46 heavy (non-hydrogen) atoms. The number of amides is 1. The van der Waals surface area contributed by atoms with Gasteiger partial charge in [0.25, 0.3) is 5.91 Å². The fraction of sp³-hybridized carbons (Fsp3) is 0.344. The average molecular weight is 658 g/mol. The number of rotatable bonds is 7. The second kappa shape index (κ2) is 11.4. The zero-order valence-corrected chi connectivity index (χ0v) is 25.4. The van der Waals surface area contributed by atoms with Gasteiger partial charge < -0.3 is 10.0 Å². The van der Waals surface area contributed by atoms with Crippen LogP contribution >= 0.6 is 11.6 Å². The minimum Gasteiger partial charge on any atom is -0.478 e. The number of halogens is 5. The number of carboxylic acid groups (broad SMARTS) is 1. The number of aromatic nitrogens is 4. The van der Waals surface area contributed by atoms with Gasteiger partial charge >= 0.3 is 12.1 Å². The van der Waals surface area contributed by atoms with Crippen LogP contribution in [-0.2, 0) is 23.1 Å². The molecule has 0 saturated heterocycles. The molecule has 4 aromatic rings. The summed E-state index contributed by atoms with van der Waals surface area (Å²) in [4.78, 5) is 40.9. The van der Waals surface area contributed by atoms with Gasteiger partial charge in [0.05, 0.1) is 44.7 Å². The second-order valence-electron chi connectivity index (χ2n) is 11.8. The molecule has 0 aliphatic heterocycles. The molecule has 2 aromatic carbocycles. The smallest absolute Gasteiger partial charge is 0.398 e. The number of alkyl halides is 3. The van der Waals surface area contributed by atoms with Crippen LogP contribution in [0.2, 0.25) is 5.02 Å². The van der Waals surface area contributed by atoms with Crippen LogP contribution in [0.15, 0.2) is 48.7 Å². The predicted molar refractivity (Wildman–Crippen MR) is 158 cm³/mol. The van der Waals surface area contributed by atoms with E-state index in [2.05, 4.69) is 15.3 Å². The Labute approximate surface area is 265 Å². The third-order valence-electron chi connectivity index (χ3n) is 9.22. The minimum atomic E-state index is -4.64. The second-order valence-corrected chi connectivity index (χ2v) is 12.2. The zero-order valence-electron chi connectivity index (χ0n) is 24.7. The van der Waals surface area contributed by atoms with Crippen molar-refractivity contribution >= 4 is 29.4 Å². The summed E-state index contributed by atoms with van der Waals surface area (Å²) < 4.78 is 59.1. The number of carbonyl (C=O) groups is 3. The van der Waals surface area contributed by atoms with Gasteiger partial charge in [-0.25, -0.2) is 9.18 Å². The van der Waals surface area contributed by atoms with Gasteiger partial charge in [0, 0.05) is 36.7 Å². The lowest BCUT2D eigenvalue weighted by atomic mass is 9.84. The average Bonchev–Trinajstić information content (AvgIpc) is 3.51. The number of aromatic amines is 1. The van der Waals surface area contributed by atoms with Gasteiger partial charge in [-0.15, -0.1) is 0 Å². The zero-order chi connectivity index (χ0) is 33.1. The monoisotopic (exact) mass is 657 g/mol. The molecule has 2 heterocycles. The van der Waals surface area contributed by atoms with Crippen molar-refractivity contribution in [3.05, 3.63) is 93.1 Å². The standard InChI is InChI=1S/C32H28ClF4N5O4/c1-16(24-10-13-38-39-24)41(2)28(43)17-6-9-20-25(15-17)42(40-27(20)19-8-7-18(30(45)46)14-23(19)34)29(44)26-21(4-3-5-22(26)33)31(11-12-31)32(35,36)37/h3-5,7-8,10,13-14,16-17H,6,9,11-12,15H2,1-2H3,(H,38,39)(H,45,46). The SMILES string of the molecule is CC(c1ccn[nH]1)N(C)C(=O)C1CCc2c(-c3ccc(C(=O)O)cc3F)nn(C(=O)c3c(Cl)cccc3C3(C(F)(F)F)CC3)c2C1. The molecule has 2 aliphatic rings. The van der Waals surface area contributed by atoms with Crippen molar-refractivity contribution in [3.63, 3.8) is 0 Å². The van der Waals surface area contributed by atoms with Crippen molar-refractivity contribution in [2.45, 2.75) is 56.7 Å². The van der Waals surface area contributed by atoms with Crippen molar-refractivity contribution in [3.8, 4) is 11.3 Å². The number of nitrogens with one attached hydrogen (secondary N) is 1. The largest absolute Gasteiger partial charge is 0.478 e. The summed E-state index contributed by atoms with van der Waals surface area (Å²) in [5, 5.41) is 20.3. The maximum atomic E-state index is 15.3. The lowest BCUT2D eigenvalue weighted by Crippen LogP contribution is -2.38. The van der Waals surface area contributed by atoms with Gasteiger partial charge in [-0.2, -0.15) is 28.1 Å². The lowest BCUT2D eigenvalue weighted by molar-refractivity contribution is -0.160. The van der Waals surface area contributed by atoms with Crippen LogP contribution in [-0.4, -0.2) is 61.0 Å². The number of hydrogen-bond acceptors (Lipinski definition) is 5. The van der Waals surface area contributed by atoms with Crippen molar-refractivity contribution in [2.24, 2.45) is 5.92 Å². The molecule has 6 rings (SSSR count). The number of carbonyl (C=O) groups excluding carboxylic acids is 2. The molecule has 1 saturated carbocycles. The minimum absolute atomic E-state index is 0.00797. The van der Waals surface area contributed by atoms with E-state index in [0.717, 1.165) is 10.7 Å². The molecule has 0 bridgehead atoms. The first-order valence-corrected chi connectivity index (χ1v) is 14.9. The van der Waals surface area contributed by atoms with Gasteiger partial charge in [0.1, 0.15) is 5.82 Å². The Morgan fingerprint density at radius 2 is 1.91 bits per heavy atom. The summed E-state index contributed by atoms with van der Waals surface area (Å²) in [5.41, 5.74) is -1.82. The maximum Gasteiger partial charge on any atom is 0.398 e. The molecule has 9 nitrogen and oxygen atoms in total. The van der Waals surface area contributed by atoms with Crippen molar-refractivity contribution in [2.75, 3.05) is 7.05 Å². The number of H-pyrrole nitrogens is 1. The Kier molecular flexibility index (Phi) is 7.78. The highest BCUT2D eigenvalue weighted by atomic mass is 35.5. The Hall–Kier alpha value is -4.52. The van der Waals surface area contributed by atoms with E-state index in [1.165, 1.54) is 30.3 Å². The molecule has 1 fully saturated rings. The fourth-order valence-electron chi connectivity index (χ4n) is 6.31. The maximum absolute atomic E-state index is 15.3. The van der Waals surface area contributed by atoms with Gasteiger partial charge in [-0.05, 0) is 68.5 Å². The van der Waals surface area contributed by atoms with Crippen molar-refractivity contribution in [1.82, 2.24) is 24.9 Å². The molecule has 0 radical (unpaired) electrons. The Morgan fingerprint density at radius 3 is 2.52 bits per heavy atom. The molecule has 2 atom stereocenters. The number of nitrogens with zero attached hydrogens (tertiary/aromatic N) is 4. The van der Waals surface area contributed by atoms with Crippen molar-refractivity contribution in [1.29, 1.82) is 0 Å². The van der Waals surface area contributed by atoms with E-state index in [-0.39, 0.29) is 76.3 Å². The Balaban J connectivity index is 1.46. The molecular formula is C32H28ClF4N5O4. The molecule has 2 aliphatic carbocycles. The summed E-state index contributed by atoms with van der Waals surface area (Å²) in [6.45, 7) is 1.82. The number of benzene rings is 2. The van der Waals surface area contributed by atoms with E-state index < -0.39 is 35.2 Å². The fourth-order valence-corrected chi connectivity index (χ4v) is 6.57. The molecule has 2 unspecified atom stereocenters. The molecule has 14 heteroatoms. The van der Waals surface area contributed by atoms with Gasteiger partial charge in [0.15, 0.2) is 0 Å². The van der Waals surface area contributed by atoms with E-state index >= 15 is 4.39 Å². The first-order valence-electron chi connectivity index (χ1n) is 14.6. The van der Waals surface area contributed by atoms with Crippen LogP contribution < -0.4 is 0 Å². The van der Waals surface area contributed by atoms with Crippen LogP contribution in [0.3, 0.4) is 0 Å². The molecular weight excluding hydrogens is 630 g/mol. The van der Waals surface area contributed by atoms with E-state index in [0.29, 0.717) is 17.7 Å². The van der Waals surface area contributed by atoms with E-state index in [4.69, 9.17) is 11.6 Å². The van der Waals surface area contributed by atoms with Gasteiger partial charge in [-0.1, -0.05) is 23.7 Å². The molecule has 2 aromatic heterocycles. The number of hydrogen-bond donors (Lipinski definition) is 2. The van der Waals surface area contributed by atoms with Crippen LogP contribution in [0.5, 0.6) is 0 Å². The van der Waals surface area contributed by atoms with Crippen LogP contribution in [0, 0.1) is 11.7 Å². The van der Waals surface area contributed by atoms with E-state index in [9.17, 15) is 32.7 Å². The molecule has 2 N–H and O–H groups in total. The third-order valence-corrected chi connectivity index (χ3v) is 9.54. The van der Waals surface area contributed by atoms with Crippen LogP contribution in [0.4, 0.5) is 17.6 Å². The highest BCUT2D eigenvalue weighted by Crippen LogP contribution is 2.60. The topological polar surface area (TPSA) is 121 Å². The summed E-state index contributed by atoms with van der Waals surface area (Å²) in [6.07, 6.45) is -2.98. The summed E-state index contributed by atoms with van der Waals surface area (Å²) >= 11 is 6.43. The van der Waals surface area contributed by atoms with Crippen LogP contribution in [0.25, 0.3) is 11.3 Å². The molecule has 240 valence electrons. The third kappa shape index (κ3) is 5.16. The molecule has 1 amide bonds. The Morgan fingerprint density at radius 1 is 1.17 bits per heavy atom. The van der Waals surface area contributed by atoms with Gasteiger partial charge in [-0.3, -0.25) is 14.7 Å². The lowest BCUT2D eigenvalue weighted by Gasteiger charge is -2.30. The number of aromatic carboxylic acids is 1. The normalized spacial score (nSPS) is 17.7. The van der Waals surface area contributed by atoms with Crippen LogP contribution in [0.1, 0.15) is 75.5 Å². The molecule has 0 spiro atoms. The Bertz CT molecular complexity index is 1870. The first kappa shape index (κ1) is 31.5. The van der Waals surface area contributed by atoms with Gasteiger partial charge in [0.2, 0.25) is 5.91 Å². The van der Waals surface area contributed by atoms with Crippen molar-refractivity contribution < 1.29 is 37.1 Å².